The zero-order valence-electron chi connectivity index (χ0n) is 13.9. The summed E-state index contributed by atoms with van der Waals surface area (Å²) in [5, 5.41) is 10.4. The fraction of sp³-hybridized carbons (Fsp3) is 0.667. The van der Waals surface area contributed by atoms with E-state index in [0.717, 1.165) is 12.0 Å². The average Bonchev–Trinajstić information content (AvgIpc) is 2.37. The minimum atomic E-state index is -0.408. The third-order valence-corrected chi connectivity index (χ3v) is 4.13. The first-order valence-electron chi connectivity index (χ1n) is 7.78. The lowest BCUT2D eigenvalue weighted by molar-refractivity contribution is 0.0955. The van der Waals surface area contributed by atoms with Crippen LogP contribution in [0.4, 0.5) is 0 Å². The minimum absolute atomic E-state index is 0.408. The summed E-state index contributed by atoms with van der Waals surface area (Å²) in [6, 6.07) is 8.89. The Morgan fingerprint density at radius 3 is 2.00 bits per heavy atom. The Labute approximate surface area is 124 Å². The topological polar surface area (TPSA) is 23.5 Å². The Hall–Kier alpha value is -0.860. The summed E-state index contributed by atoms with van der Waals surface area (Å²) in [5.74, 6) is 1.27. The van der Waals surface area contributed by atoms with E-state index in [9.17, 15) is 5.11 Å². The van der Waals surface area contributed by atoms with Gasteiger partial charge in [0.1, 0.15) is 0 Å². The predicted molar refractivity (Wildman–Crippen MR) is 86.9 cm³/mol. The molecule has 0 aliphatic rings. The van der Waals surface area contributed by atoms with Crippen LogP contribution in [0.2, 0.25) is 0 Å². The zero-order valence-corrected chi connectivity index (χ0v) is 13.9. The molecule has 0 saturated heterocycles. The van der Waals surface area contributed by atoms with Crippen LogP contribution in [0.5, 0.6) is 0 Å². The highest BCUT2D eigenvalue weighted by atomic mass is 16.3. The number of benzene rings is 1. The lowest BCUT2D eigenvalue weighted by Crippen LogP contribution is -2.36. The lowest BCUT2D eigenvalue weighted by atomic mass is 9.99. The molecule has 2 heteroatoms. The number of aliphatic hydroxyl groups excluding tert-OH is 1. The fourth-order valence-corrected chi connectivity index (χ4v) is 2.40. The number of hydrogen-bond donors (Lipinski definition) is 1. The van der Waals surface area contributed by atoms with Crippen molar-refractivity contribution in [2.24, 2.45) is 11.8 Å². The fourth-order valence-electron chi connectivity index (χ4n) is 2.40. The molecule has 0 saturated carbocycles. The second-order valence-electron chi connectivity index (χ2n) is 6.78. The highest BCUT2D eigenvalue weighted by Gasteiger charge is 2.17. The van der Waals surface area contributed by atoms with Crippen LogP contribution in [0.1, 0.15) is 51.8 Å². The molecular formula is C18H31NO. The molecule has 114 valence electrons. The van der Waals surface area contributed by atoms with Crippen molar-refractivity contribution in [3.05, 3.63) is 35.4 Å². The van der Waals surface area contributed by atoms with Crippen molar-refractivity contribution in [3.8, 4) is 0 Å². The maximum absolute atomic E-state index is 10.4. The average molecular weight is 277 g/mol. The summed E-state index contributed by atoms with van der Waals surface area (Å²) in [6.45, 7) is 11.8. The first-order chi connectivity index (χ1) is 9.31. The van der Waals surface area contributed by atoms with Gasteiger partial charge in [-0.05, 0) is 43.4 Å². The molecule has 20 heavy (non-hydrogen) atoms. The molecule has 2 nitrogen and oxygen atoms in total. The Morgan fingerprint density at radius 1 is 1.00 bits per heavy atom. The van der Waals surface area contributed by atoms with E-state index in [1.807, 2.05) is 0 Å². The largest absolute Gasteiger partial charge is 0.387 e. The van der Waals surface area contributed by atoms with Gasteiger partial charge in [0.2, 0.25) is 0 Å². The van der Waals surface area contributed by atoms with Crippen LogP contribution in [0.25, 0.3) is 0 Å². The first-order valence-corrected chi connectivity index (χ1v) is 7.78. The van der Waals surface area contributed by atoms with Crippen LogP contribution in [0, 0.1) is 11.8 Å². The summed E-state index contributed by atoms with van der Waals surface area (Å²) >= 11 is 0. The van der Waals surface area contributed by atoms with Crippen molar-refractivity contribution >= 4 is 0 Å². The second-order valence-corrected chi connectivity index (χ2v) is 6.78. The highest BCUT2D eigenvalue weighted by Crippen LogP contribution is 2.18. The van der Waals surface area contributed by atoms with E-state index >= 15 is 0 Å². The van der Waals surface area contributed by atoms with Gasteiger partial charge in [-0.25, -0.2) is 0 Å². The summed E-state index contributed by atoms with van der Waals surface area (Å²) in [6.07, 6.45) is 0.690. The molecule has 1 aromatic carbocycles. The molecule has 0 amide bonds. The van der Waals surface area contributed by atoms with E-state index in [2.05, 4.69) is 70.8 Å². The Balaban J connectivity index is 2.61. The van der Waals surface area contributed by atoms with Gasteiger partial charge >= 0.3 is 0 Å². The van der Waals surface area contributed by atoms with Gasteiger partial charge in [-0.1, -0.05) is 52.0 Å². The number of nitrogens with zero attached hydrogens (tertiary/aromatic N) is 1. The summed E-state index contributed by atoms with van der Waals surface area (Å²) < 4.78 is 0. The monoisotopic (exact) mass is 277 g/mol. The van der Waals surface area contributed by atoms with Crippen molar-refractivity contribution in [1.29, 1.82) is 0 Å². The van der Waals surface area contributed by atoms with E-state index in [4.69, 9.17) is 0 Å². The van der Waals surface area contributed by atoms with Crippen LogP contribution < -0.4 is 0 Å². The van der Waals surface area contributed by atoms with Crippen LogP contribution in [0.3, 0.4) is 0 Å². The van der Waals surface area contributed by atoms with E-state index < -0.39 is 6.10 Å². The summed E-state index contributed by atoms with van der Waals surface area (Å²) in [4.78, 5) is 2.23. The number of rotatable bonds is 7. The highest BCUT2D eigenvalue weighted by molar-refractivity contribution is 5.24. The minimum Gasteiger partial charge on any atom is -0.387 e. The predicted octanol–water partition coefficient (Wildman–Crippen LogP) is 3.89. The van der Waals surface area contributed by atoms with Crippen molar-refractivity contribution in [2.45, 2.75) is 53.2 Å². The van der Waals surface area contributed by atoms with Crippen LogP contribution in [0.15, 0.2) is 24.3 Å². The third-order valence-electron chi connectivity index (χ3n) is 4.13. The van der Waals surface area contributed by atoms with Crippen molar-refractivity contribution < 1.29 is 5.11 Å². The zero-order chi connectivity index (χ0) is 15.3. The molecule has 1 N–H and O–H groups in total. The molecule has 0 fully saturated rings. The smallest absolute Gasteiger partial charge is 0.0916 e. The third kappa shape index (κ3) is 5.26. The number of likely N-dealkylation sites (N-methyl/N-ethyl adjacent to an activating group) is 1. The standard InChI is InChI=1S/C18H31NO/c1-13(2)11-16-7-9-17(10-8-16)18(20)12-19(6)15(5)14(3)4/h7-10,13-15,18,20H,11-12H2,1-6H3. The molecule has 0 aromatic heterocycles. The second kappa shape index (κ2) is 7.80. The Kier molecular flexibility index (Phi) is 6.70. The van der Waals surface area contributed by atoms with Crippen molar-refractivity contribution in [1.82, 2.24) is 4.90 Å². The molecule has 0 aliphatic heterocycles. The SMILES string of the molecule is CC(C)Cc1ccc(C(O)CN(C)C(C)C(C)C)cc1. The van der Waals surface area contributed by atoms with Gasteiger partial charge in [-0.2, -0.15) is 0 Å². The normalized spacial score (nSPS) is 15.1. The molecule has 1 rings (SSSR count). The van der Waals surface area contributed by atoms with Crippen LogP contribution in [-0.2, 0) is 6.42 Å². The van der Waals surface area contributed by atoms with Gasteiger partial charge in [0.25, 0.3) is 0 Å². The molecular weight excluding hydrogens is 246 g/mol. The molecule has 0 aliphatic carbocycles. The van der Waals surface area contributed by atoms with Crippen molar-refractivity contribution in [2.75, 3.05) is 13.6 Å². The maximum atomic E-state index is 10.4. The molecule has 0 radical (unpaired) electrons. The lowest BCUT2D eigenvalue weighted by Gasteiger charge is -2.29. The van der Waals surface area contributed by atoms with E-state index in [-0.39, 0.29) is 0 Å². The van der Waals surface area contributed by atoms with Gasteiger partial charge in [-0.3, -0.25) is 0 Å². The van der Waals surface area contributed by atoms with E-state index in [1.54, 1.807) is 0 Å². The van der Waals surface area contributed by atoms with Gasteiger partial charge in [-0.15, -0.1) is 0 Å². The molecule has 2 atom stereocenters. The molecule has 1 aromatic rings. The number of aliphatic hydroxyl groups is 1. The molecule has 0 heterocycles. The van der Waals surface area contributed by atoms with E-state index in [1.165, 1.54) is 5.56 Å². The maximum Gasteiger partial charge on any atom is 0.0916 e. The number of hydrogen-bond acceptors (Lipinski definition) is 2. The molecule has 2 unspecified atom stereocenters. The summed E-state index contributed by atoms with van der Waals surface area (Å²) in [5.41, 5.74) is 2.36. The van der Waals surface area contributed by atoms with Gasteiger partial charge in [0.05, 0.1) is 6.10 Å². The van der Waals surface area contributed by atoms with Crippen molar-refractivity contribution in [3.63, 3.8) is 0 Å². The van der Waals surface area contributed by atoms with E-state index in [0.29, 0.717) is 24.4 Å². The Bertz CT molecular complexity index is 383. The molecule has 0 spiro atoms. The summed E-state index contributed by atoms with van der Waals surface area (Å²) in [7, 11) is 2.08. The first kappa shape index (κ1) is 17.2. The quantitative estimate of drug-likeness (QED) is 0.817. The van der Waals surface area contributed by atoms with Gasteiger partial charge in [0.15, 0.2) is 0 Å². The molecule has 0 bridgehead atoms. The van der Waals surface area contributed by atoms with Crippen LogP contribution in [-0.4, -0.2) is 29.6 Å². The van der Waals surface area contributed by atoms with Crippen LogP contribution >= 0.6 is 0 Å². The van der Waals surface area contributed by atoms with Gasteiger partial charge < -0.3 is 10.0 Å². The Morgan fingerprint density at radius 2 is 1.55 bits per heavy atom. The van der Waals surface area contributed by atoms with Gasteiger partial charge in [0, 0.05) is 12.6 Å².